The lowest BCUT2D eigenvalue weighted by Gasteiger charge is -2.04. The second-order valence-electron chi connectivity index (χ2n) is 4.59. The van der Waals surface area contributed by atoms with Crippen molar-refractivity contribution in [1.82, 2.24) is 0 Å². The molecule has 1 N–H and O–H groups in total. The van der Waals surface area contributed by atoms with E-state index in [4.69, 9.17) is 32.7 Å². The molecule has 1 aliphatic heterocycles. The van der Waals surface area contributed by atoms with Gasteiger partial charge in [-0.1, -0.05) is 35.3 Å². The van der Waals surface area contributed by atoms with Gasteiger partial charge in [-0.2, -0.15) is 0 Å². The summed E-state index contributed by atoms with van der Waals surface area (Å²) in [5.41, 5.74) is 0.819. The Bertz CT molecular complexity index is 784. The van der Waals surface area contributed by atoms with Crippen LogP contribution < -0.4 is 9.47 Å². The Balaban J connectivity index is 1.85. The molecule has 0 saturated heterocycles. The largest absolute Gasteiger partial charge is 0.506 e. The molecule has 2 aromatic rings. The maximum atomic E-state index is 12.2. The predicted molar refractivity (Wildman–Crippen MR) is 84.1 cm³/mol. The van der Waals surface area contributed by atoms with Gasteiger partial charge in [0, 0.05) is 5.02 Å². The molecule has 22 heavy (non-hydrogen) atoms. The number of rotatable bonds is 3. The minimum Gasteiger partial charge on any atom is -0.506 e. The molecule has 0 unspecified atom stereocenters. The van der Waals surface area contributed by atoms with Gasteiger partial charge < -0.3 is 14.6 Å². The molecule has 6 heteroatoms. The fourth-order valence-corrected chi connectivity index (χ4v) is 2.53. The Morgan fingerprint density at radius 1 is 1.14 bits per heavy atom. The monoisotopic (exact) mass is 336 g/mol. The summed E-state index contributed by atoms with van der Waals surface area (Å²) in [6.07, 6.45) is 2.94. The van der Waals surface area contributed by atoms with Crippen molar-refractivity contribution in [2.45, 2.75) is 0 Å². The molecule has 112 valence electrons. The van der Waals surface area contributed by atoms with E-state index in [-0.39, 0.29) is 28.2 Å². The molecule has 3 rings (SSSR count). The second-order valence-corrected chi connectivity index (χ2v) is 5.44. The van der Waals surface area contributed by atoms with E-state index in [1.165, 1.54) is 18.2 Å². The van der Waals surface area contributed by atoms with Crippen LogP contribution in [0.2, 0.25) is 10.0 Å². The molecule has 0 aliphatic carbocycles. The summed E-state index contributed by atoms with van der Waals surface area (Å²) in [4.78, 5) is 12.2. The Morgan fingerprint density at radius 3 is 2.73 bits per heavy atom. The van der Waals surface area contributed by atoms with E-state index < -0.39 is 5.78 Å². The highest BCUT2D eigenvalue weighted by Crippen LogP contribution is 2.33. The average Bonchev–Trinajstić information content (AvgIpc) is 2.96. The summed E-state index contributed by atoms with van der Waals surface area (Å²) in [6.45, 7) is 0.191. The zero-order valence-corrected chi connectivity index (χ0v) is 12.7. The fraction of sp³-hybridized carbons (Fsp3) is 0.0625. The van der Waals surface area contributed by atoms with Crippen LogP contribution in [0.15, 0.2) is 36.4 Å². The van der Waals surface area contributed by atoms with E-state index in [1.807, 2.05) is 0 Å². The lowest BCUT2D eigenvalue weighted by atomic mass is 10.1. The van der Waals surface area contributed by atoms with Crippen molar-refractivity contribution in [2.24, 2.45) is 0 Å². The number of phenolic OH excluding ortho intramolecular Hbond substituents is 1. The quantitative estimate of drug-likeness (QED) is 0.669. The number of ether oxygens (including phenoxy) is 2. The number of ketones is 1. The summed E-state index contributed by atoms with van der Waals surface area (Å²) in [7, 11) is 0. The third kappa shape index (κ3) is 2.89. The highest BCUT2D eigenvalue weighted by atomic mass is 35.5. The van der Waals surface area contributed by atoms with Crippen LogP contribution in [-0.4, -0.2) is 17.7 Å². The standard InChI is InChI=1S/C16H10Cl2O4/c17-10-6-11(16(20)12(18)7-10)13(19)3-1-9-2-4-14-15(5-9)22-8-21-14/h1-7,20H,8H2/b3-1+. The topological polar surface area (TPSA) is 55.8 Å². The van der Waals surface area contributed by atoms with Crippen LogP contribution in [0, 0.1) is 0 Å². The molecule has 0 spiro atoms. The van der Waals surface area contributed by atoms with Gasteiger partial charge in [0.2, 0.25) is 6.79 Å². The van der Waals surface area contributed by atoms with E-state index in [0.29, 0.717) is 11.5 Å². The van der Waals surface area contributed by atoms with Gasteiger partial charge in [0.25, 0.3) is 0 Å². The molecule has 0 aromatic heterocycles. The molecule has 0 radical (unpaired) electrons. The number of hydrogen-bond acceptors (Lipinski definition) is 4. The van der Waals surface area contributed by atoms with E-state index in [9.17, 15) is 9.90 Å². The Kier molecular flexibility index (Phi) is 3.96. The lowest BCUT2D eigenvalue weighted by Crippen LogP contribution is -1.95. The van der Waals surface area contributed by atoms with Crippen molar-refractivity contribution in [3.63, 3.8) is 0 Å². The Labute approximate surface area is 136 Å². The summed E-state index contributed by atoms with van der Waals surface area (Å²) in [5.74, 6) is 0.608. The molecule has 2 aromatic carbocycles. The molecule has 1 heterocycles. The molecule has 0 fully saturated rings. The molecule has 1 aliphatic rings. The van der Waals surface area contributed by atoms with Crippen molar-refractivity contribution in [2.75, 3.05) is 6.79 Å². The highest BCUT2D eigenvalue weighted by molar-refractivity contribution is 6.36. The molecule has 0 atom stereocenters. The third-order valence-corrected chi connectivity index (χ3v) is 3.62. The average molecular weight is 337 g/mol. The normalized spacial score (nSPS) is 12.8. The lowest BCUT2D eigenvalue weighted by molar-refractivity contribution is 0.104. The van der Waals surface area contributed by atoms with Crippen molar-refractivity contribution >= 4 is 35.1 Å². The third-order valence-electron chi connectivity index (χ3n) is 3.12. The number of benzene rings is 2. The minimum absolute atomic E-state index is 0.0346. The first kappa shape index (κ1) is 14.8. The van der Waals surface area contributed by atoms with Gasteiger partial charge in [-0.05, 0) is 35.9 Å². The predicted octanol–water partition coefficient (Wildman–Crippen LogP) is 4.32. The number of phenols is 1. The summed E-state index contributed by atoms with van der Waals surface area (Å²) >= 11 is 11.6. The molecule has 4 nitrogen and oxygen atoms in total. The van der Waals surface area contributed by atoms with Crippen LogP contribution in [-0.2, 0) is 0 Å². The molecular weight excluding hydrogens is 327 g/mol. The van der Waals surface area contributed by atoms with Crippen LogP contribution in [0.5, 0.6) is 17.2 Å². The van der Waals surface area contributed by atoms with Crippen molar-refractivity contribution < 1.29 is 19.4 Å². The number of allylic oxidation sites excluding steroid dienone is 1. The van der Waals surface area contributed by atoms with Crippen LogP contribution in [0.4, 0.5) is 0 Å². The SMILES string of the molecule is O=C(/C=C/c1ccc2c(c1)OCO2)c1cc(Cl)cc(Cl)c1O. The van der Waals surface area contributed by atoms with E-state index in [2.05, 4.69) is 0 Å². The van der Waals surface area contributed by atoms with Gasteiger partial charge >= 0.3 is 0 Å². The van der Waals surface area contributed by atoms with Gasteiger partial charge in [0.15, 0.2) is 17.3 Å². The van der Waals surface area contributed by atoms with Gasteiger partial charge in [-0.25, -0.2) is 0 Å². The molecule has 0 amide bonds. The van der Waals surface area contributed by atoms with E-state index >= 15 is 0 Å². The first-order valence-corrected chi connectivity index (χ1v) is 7.10. The number of hydrogen-bond donors (Lipinski definition) is 1. The summed E-state index contributed by atoms with van der Waals surface area (Å²) in [6, 6.07) is 8.06. The number of halogens is 2. The fourth-order valence-electron chi connectivity index (χ4n) is 2.03. The van der Waals surface area contributed by atoms with Gasteiger partial charge in [-0.15, -0.1) is 0 Å². The first-order chi connectivity index (χ1) is 10.5. The van der Waals surface area contributed by atoms with Gasteiger partial charge in [-0.3, -0.25) is 4.79 Å². The van der Waals surface area contributed by atoms with Crippen molar-refractivity contribution in [3.05, 3.63) is 57.6 Å². The van der Waals surface area contributed by atoms with E-state index in [0.717, 1.165) is 5.56 Å². The molecule has 0 saturated carbocycles. The number of carbonyl (C=O) groups excluding carboxylic acids is 1. The number of carbonyl (C=O) groups is 1. The maximum Gasteiger partial charge on any atom is 0.231 e. The highest BCUT2D eigenvalue weighted by Gasteiger charge is 2.14. The van der Waals surface area contributed by atoms with Gasteiger partial charge in [0.05, 0.1) is 10.6 Å². The number of fused-ring (bicyclic) bond motifs is 1. The van der Waals surface area contributed by atoms with E-state index in [1.54, 1.807) is 24.3 Å². The van der Waals surface area contributed by atoms with Crippen LogP contribution in [0.25, 0.3) is 6.08 Å². The van der Waals surface area contributed by atoms with Crippen LogP contribution in [0.3, 0.4) is 0 Å². The van der Waals surface area contributed by atoms with Crippen molar-refractivity contribution in [3.8, 4) is 17.2 Å². The van der Waals surface area contributed by atoms with Gasteiger partial charge in [0.1, 0.15) is 5.75 Å². The summed E-state index contributed by atoms with van der Waals surface area (Å²) < 4.78 is 10.5. The molecule has 0 bridgehead atoms. The number of aromatic hydroxyl groups is 1. The Morgan fingerprint density at radius 2 is 1.91 bits per heavy atom. The van der Waals surface area contributed by atoms with Crippen LogP contribution in [0.1, 0.15) is 15.9 Å². The van der Waals surface area contributed by atoms with Crippen molar-refractivity contribution in [1.29, 1.82) is 0 Å². The Hall–Kier alpha value is -2.17. The summed E-state index contributed by atoms with van der Waals surface area (Å²) in [5, 5.41) is 10.1. The van der Waals surface area contributed by atoms with Crippen LogP contribution >= 0.6 is 23.2 Å². The zero-order valence-electron chi connectivity index (χ0n) is 11.2. The zero-order chi connectivity index (χ0) is 15.7. The minimum atomic E-state index is -0.403. The first-order valence-electron chi connectivity index (χ1n) is 6.34. The molecular formula is C16H10Cl2O4. The smallest absolute Gasteiger partial charge is 0.231 e. The maximum absolute atomic E-state index is 12.2. The second kappa shape index (κ2) is 5.91.